The fraction of sp³-hybridized carbons (Fsp3) is 1.00. The van der Waals surface area contributed by atoms with E-state index < -0.39 is 0 Å². The first-order valence-corrected chi connectivity index (χ1v) is 9.74. The predicted octanol–water partition coefficient (Wildman–Crippen LogP) is 3.69. The molecule has 0 saturated carbocycles. The molecule has 0 aliphatic carbocycles. The molecule has 108 valence electrons. The Morgan fingerprint density at radius 3 is 1.72 bits per heavy atom. The van der Waals surface area contributed by atoms with Crippen molar-refractivity contribution >= 4 is 10.2 Å². The van der Waals surface area contributed by atoms with Gasteiger partial charge in [0.15, 0.2) is 0 Å². The highest BCUT2D eigenvalue weighted by molar-refractivity contribution is 6.11. The van der Waals surface area contributed by atoms with Gasteiger partial charge in [0.2, 0.25) is 0 Å². The summed E-state index contributed by atoms with van der Waals surface area (Å²) >= 11 is 0. The van der Waals surface area contributed by atoms with Gasteiger partial charge >= 0.3 is 0 Å². The lowest BCUT2D eigenvalue weighted by Crippen LogP contribution is -2.37. The van der Waals surface area contributed by atoms with Gasteiger partial charge in [-0.2, -0.15) is 0 Å². The molecule has 0 aromatic carbocycles. The molecule has 0 radical (unpaired) electrons. The Morgan fingerprint density at radius 1 is 0.833 bits per heavy atom. The highest BCUT2D eigenvalue weighted by Gasteiger charge is 2.12. The number of hydrogen-bond donors (Lipinski definition) is 0. The molecule has 1 unspecified atom stereocenters. The number of rotatable bonds is 4. The minimum atomic E-state index is 0.952. The maximum absolute atomic E-state index is 2.84. The third kappa shape index (κ3) is 7.58. The zero-order valence-electron chi connectivity index (χ0n) is 12.9. The van der Waals surface area contributed by atoms with Crippen LogP contribution < -0.4 is 0 Å². The molecule has 1 fully saturated rings. The van der Waals surface area contributed by atoms with Crippen molar-refractivity contribution in [3.8, 4) is 0 Å². The van der Waals surface area contributed by atoms with Crippen molar-refractivity contribution in [2.24, 2.45) is 0 Å². The summed E-state index contributed by atoms with van der Waals surface area (Å²) in [6, 6.07) is 0. The van der Waals surface area contributed by atoms with E-state index in [-0.39, 0.29) is 0 Å². The molecule has 1 rings (SSSR count). The van der Waals surface area contributed by atoms with Crippen molar-refractivity contribution in [1.82, 2.24) is 4.90 Å². The molecule has 1 aliphatic heterocycles. The smallest absolute Gasteiger partial charge is 0.0244 e. The maximum Gasteiger partial charge on any atom is 0.0244 e. The van der Waals surface area contributed by atoms with E-state index >= 15 is 0 Å². The van der Waals surface area contributed by atoms with Gasteiger partial charge in [0, 0.05) is 10.2 Å². The van der Waals surface area contributed by atoms with Gasteiger partial charge in [-0.1, -0.05) is 64.7 Å². The van der Waals surface area contributed by atoms with E-state index in [2.05, 4.69) is 11.8 Å². The molecule has 0 amide bonds. The predicted molar refractivity (Wildman–Crippen MR) is 86.4 cm³/mol. The van der Waals surface area contributed by atoms with E-state index in [4.69, 9.17) is 0 Å². The van der Waals surface area contributed by atoms with Crippen LogP contribution in [0.3, 0.4) is 0 Å². The topological polar surface area (TPSA) is 3.24 Å². The molecular formula is C16H35NSi. The van der Waals surface area contributed by atoms with Crippen LogP contribution in [0.1, 0.15) is 84.0 Å². The highest BCUT2D eigenvalue weighted by Crippen LogP contribution is 2.15. The van der Waals surface area contributed by atoms with Gasteiger partial charge in [-0.25, -0.2) is 0 Å². The summed E-state index contributed by atoms with van der Waals surface area (Å²) in [6.07, 6.45) is 17.5. The largest absolute Gasteiger partial charge is 0.304 e. The molecule has 2 heteroatoms. The lowest BCUT2D eigenvalue weighted by atomic mass is 10.1. The molecule has 18 heavy (non-hydrogen) atoms. The Bertz CT molecular complexity index is 172. The summed E-state index contributed by atoms with van der Waals surface area (Å²) in [4.78, 5) is 2.84. The summed E-state index contributed by atoms with van der Waals surface area (Å²) in [7, 11) is 1.36. The molecule has 0 aromatic heterocycles. The fourth-order valence-electron chi connectivity index (χ4n) is 3.10. The second-order valence-electron chi connectivity index (χ2n) is 6.21. The standard InChI is InChI=1S/C16H35NSi/c1-2-3-13-16(18)17-14-11-9-7-5-4-6-8-10-12-15-17/h16H,2-15H2,1,18H3. The molecule has 1 atom stereocenters. The van der Waals surface area contributed by atoms with E-state index in [1.807, 2.05) is 0 Å². The van der Waals surface area contributed by atoms with Crippen molar-refractivity contribution < 1.29 is 0 Å². The first kappa shape index (κ1) is 16.2. The van der Waals surface area contributed by atoms with Gasteiger partial charge < -0.3 is 4.90 Å². The van der Waals surface area contributed by atoms with Crippen LogP contribution in [0.15, 0.2) is 0 Å². The molecular weight excluding hydrogens is 234 g/mol. The van der Waals surface area contributed by atoms with Crippen LogP contribution in [0.2, 0.25) is 0 Å². The average Bonchev–Trinajstić information content (AvgIpc) is 2.36. The van der Waals surface area contributed by atoms with Crippen LogP contribution in [0.4, 0.5) is 0 Å². The SMILES string of the molecule is CCCCC([SiH3])N1CCCCCCCCCCC1. The molecule has 1 saturated heterocycles. The van der Waals surface area contributed by atoms with Gasteiger partial charge in [0.05, 0.1) is 0 Å². The van der Waals surface area contributed by atoms with E-state index in [9.17, 15) is 0 Å². The quantitative estimate of drug-likeness (QED) is 0.704. The lowest BCUT2D eigenvalue weighted by molar-refractivity contribution is 0.227. The summed E-state index contributed by atoms with van der Waals surface area (Å²) in [5.41, 5.74) is 0.952. The van der Waals surface area contributed by atoms with Crippen molar-refractivity contribution in [1.29, 1.82) is 0 Å². The van der Waals surface area contributed by atoms with Gasteiger partial charge in [-0.05, 0) is 38.0 Å². The zero-order chi connectivity index (χ0) is 13.1. The van der Waals surface area contributed by atoms with Crippen LogP contribution in [0.25, 0.3) is 0 Å². The van der Waals surface area contributed by atoms with Gasteiger partial charge in [0.1, 0.15) is 0 Å². The first-order chi connectivity index (χ1) is 8.84. The second kappa shape index (κ2) is 11.0. The highest BCUT2D eigenvalue weighted by atomic mass is 28.1. The summed E-state index contributed by atoms with van der Waals surface area (Å²) in [5.74, 6) is 0. The van der Waals surface area contributed by atoms with E-state index in [1.165, 1.54) is 100 Å². The molecule has 0 aromatic rings. The summed E-state index contributed by atoms with van der Waals surface area (Å²) < 4.78 is 0. The maximum atomic E-state index is 2.84. The van der Waals surface area contributed by atoms with Crippen LogP contribution in [0, 0.1) is 0 Å². The van der Waals surface area contributed by atoms with E-state index in [1.54, 1.807) is 0 Å². The van der Waals surface area contributed by atoms with Gasteiger partial charge in [-0.15, -0.1) is 0 Å². The number of hydrogen-bond acceptors (Lipinski definition) is 1. The normalized spacial score (nSPS) is 23.2. The first-order valence-electron chi connectivity index (χ1n) is 8.58. The Morgan fingerprint density at radius 2 is 1.28 bits per heavy atom. The zero-order valence-corrected chi connectivity index (χ0v) is 14.9. The molecule has 1 aliphatic rings. The van der Waals surface area contributed by atoms with Crippen molar-refractivity contribution in [3.63, 3.8) is 0 Å². The van der Waals surface area contributed by atoms with Crippen LogP contribution in [-0.2, 0) is 0 Å². The minimum Gasteiger partial charge on any atom is -0.304 e. The fourth-order valence-corrected chi connectivity index (χ4v) is 4.03. The van der Waals surface area contributed by atoms with Gasteiger partial charge in [-0.3, -0.25) is 0 Å². The number of nitrogens with zero attached hydrogens (tertiary/aromatic N) is 1. The minimum absolute atomic E-state index is 0.952. The molecule has 0 N–H and O–H groups in total. The van der Waals surface area contributed by atoms with E-state index in [0.29, 0.717) is 0 Å². The third-order valence-corrected chi connectivity index (χ3v) is 5.80. The lowest BCUT2D eigenvalue weighted by Gasteiger charge is -2.29. The second-order valence-corrected chi connectivity index (χ2v) is 7.54. The Balaban J connectivity index is 2.30. The number of unbranched alkanes of at least 4 members (excludes halogenated alkanes) is 1. The monoisotopic (exact) mass is 269 g/mol. The average molecular weight is 270 g/mol. The molecule has 0 bridgehead atoms. The summed E-state index contributed by atoms with van der Waals surface area (Å²) in [6.45, 7) is 5.10. The Kier molecular flexibility index (Phi) is 9.96. The van der Waals surface area contributed by atoms with Crippen LogP contribution >= 0.6 is 0 Å². The Hall–Kier alpha value is 0.177. The van der Waals surface area contributed by atoms with Crippen LogP contribution in [-0.4, -0.2) is 33.9 Å². The van der Waals surface area contributed by atoms with Crippen molar-refractivity contribution in [2.45, 2.75) is 89.6 Å². The molecule has 0 spiro atoms. The van der Waals surface area contributed by atoms with Crippen molar-refractivity contribution in [3.05, 3.63) is 0 Å². The Labute approximate surface area is 118 Å². The van der Waals surface area contributed by atoms with Crippen LogP contribution in [0.5, 0.6) is 0 Å². The summed E-state index contributed by atoms with van der Waals surface area (Å²) in [5, 5.41) is 0. The molecule has 1 nitrogen and oxygen atoms in total. The third-order valence-electron chi connectivity index (χ3n) is 4.49. The van der Waals surface area contributed by atoms with Gasteiger partial charge in [0.25, 0.3) is 0 Å². The molecule has 1 heterocycles. The van der Waals surface area contributed by atoms with Crippen molar-refractivity contribution in [2.75, 3.05) is 13.1 Å². The van der Waals surface area contributed by atoms with E-state index in [0.717, 1.165) is 5.67 Å².